The number of hydrogen-bond acceptors (Lipinski definition) is 2. The van der Waals surface area contributed by atoms with Gasteiger partial charge in [0.25, 0.3) is 0 Å². The van der Waals surface area contributed by atoms with Gasteiger partial charge in [0.15, 0.2) is 0 Å². The number of nitrogen functional groups attached to an aromatic ring is 1. The van der Waals surface area contributed by atoms with Crippen LogP contribution in [0.15, 0.2) is 42.5 Å². The third kappa shape index (κ3) is 2.96. The number of para-hydroxylation sites is 1. The maximum Gasteiger partial charge on any atom is 0.120 e. The van der Waals surface area contributed by atoms with E-state index in [1.54, 1.807) is 0 Å². The van der Waals surface area contributed by atoms with E-state index in [9.17, 15) is 0 Å². The Morgan fingerprint density at radius 1 is 1.11 bits per heavy atom. The molecule has 3 heteroatoms. The van der Waals surface area contributed by atoms with Gasteiger partial charge in [-0.2, -0.15) is 0 Å². The lowest BCUT2D eigenvalue weighted by Crippen LogP contribution is -2.00. The van der Waals surface area contributed by atoms with Crippen molar-refractivity contribution in [3.63, 3.8) is 0 Å². The largest absolute Gasteiger partial charge is 0.489 e. The molecule has 0 aliphatic carbocycles. The molecule has 0 aromatic heterocycles. The van der Waals surface area contributed by atoms with E-state index in [-0.39, 0.29) is 0 Å². The molecule has 0 fully saturated rings. The summed E-state index contributed by atoms with van der Waals surface area (Å²) in [4.78, 5) is 0. The predicted molar refractivity (Wildman–Crippen MR) is 76.0 cm³/mol. The van der Waals surface area contributed by atoms with Crippen LogP contribution in [0, 0.1) is 0 Å². The van der Waals surface area contributed by atoms with E-state index in [1.165, 1.54) is 0 Å². The number of aryl methyl sites for hydroxylation is 1. The summed E-state index contributed by atoms with van der Waals surface area (Å²) in [5.74, 6) is 0.819. The minimum atomic E-state index is 0.470. The zero-order valence-electron chi connectivity index (χ0n) is 10.3. The summed E-state index contributed by atoms with van der Waals surface area (Å²) in [5.41, 5.74) is 8.70. The lowest BCUT2D eigenvalue weighted by Gasteiger charge is -2.10. The highest BCUT2D eigenvalue weighted by Gasteiger charge is 2.03. The average Bonchev–Trinajstić information content (AvgIpc) is 2.39. The van der Waals surface area contributed by atoms with Gasteiger partial charge in [-0.25, -0.2) is 0 Å². The molecular weight excluding hydrogens is 246 g/mol. The molecule has 2 N–H and O–H groups in total. The number of anilines is 1. The first-order valence-corrected chi connectivity index (χ1v) is 6.33. The summed E-state index contributed by atoms with van der Waals surface area (Å²) in [6.45, 7) is 2.54. The molecule has 0 radical (unpaired) electrons. The minimum Gasteiger partial charge on any atom is -0.489 e. The molecule has 0 saturated carbocycles. The Kier molecular flexibility index (Phi) is 4.11. The molecule has 0 aliphatic heterocycles. The van der Waals surface area contributed by atoms with Gasteiger partial charge in [-0.05, 0) is 36.2 Å². The van der Waals surface area contributed by atoms with Crippen LogP contribution in [0.5, 0.6) is 5.75 Å². The highest BCUT2D eigenvalue weighted by atomic mass is 35.5. The fraction of sp³-hybridized carbons (Fsp3) is 0.200. The maximum absolute atomic E-state index is 6.06. The first-order chi connectivity index (χ1) is 8.70. The van der Waals surface area contributed by atoms with E-state index in [1.807, 2.05) is 42.5 Å². The van der Waals surface area contributed by atoms with E-state index >= 15 is 0 Å². The van der Waals surface area contributed by atoms with Crippen molar-refractivity contribution in [2.45, 2.75) is 20.0 Å². The topological polar surface area (TPSA) is 35.2 Å². The Labute approximate surface area is 112 Å². The summed E-state index contributed by atoms with van der Waals surface area (Å²) in [6.07, 6.45) is 0.892. The standard InChI is InChI=1S/C15H16ClNO/c1-2-11-9-13(7-8-14(11)16)18-10-12-5-3-4-6-15(12)17/h3-9H,2,10,17H2,1H3. The summed E-state index contributed by atoms with van der Waals surface area (Å²) >= 11 is 6.06. The normalized spacial score (nSPS) is 10.3. The molecule has 2 nitrogen and oxygen atoms in total. The minimum absolute atomic E-state index is 0.470. The van der Waals surface area contributed by atoms with E-state index in [0.29, 0.717) is 6.61 Å². The van der Waals surface area contributed by atoms with Crippen molar-refractivity contribution in [2.24, 2.45) is 0 Å². The number of ether oxygens (including phenoxy) is 1. The van der Waals surface area contributed by atoms with E-state index in [2.05, 4.69) is 6.92 Å². The van der Waals surface area contributed by atoms with Gasteiger partial charge in [-0.3, -0.25) is 0 Å². The van der Waals surface area contributed by atoms with E-state index in [4.69, 9.17) is 22.1 Å². The van der Waals surface area contributed by atoms with E-state index < -0.39 is 0 Å². The molecule has 0 bridgehead atoms. The van der Waals surface area contributed by atoms with E-state index in [0.717, 1.165) is 34.0 Å². The molecule has 2 aromatic rings. The zero-order chi connectivity index (χ0) is 13.0. The van der Waals surface area contributed by atoms with Crippen LogP contribution in [-0.2, 0) is 13.0 Å². The summed E-state index contributed by atoms with van der Waals surface area (Å²) in [7, 11) is 0. The van der Waals surface area contributed by atoms with Gasteiger partial charge >= 0.3 is 0 Å². The van der Waals surface area contributed by atoms with Crippen molar-refractivity contribution in [1.29, 1.82) is 0 Å². The zero-order valence-corrected chi connectivity index (χ0v) is 11.1. The van der Waals surface area contributed by atoms with Gasteiger partial charge in [0.2, 0.25) is 0 Å². The molecule has 94 valence electrons. The van der Waals surface area contributed by atoms with Crippen LogP contribution in [0.4, 0.5) is 5.69 Å². The Balaban J connectivity index is 2.09. The number of hydrogen-bond donors (Lipinski definition) is 1. The number of nitrogens with two attached hydrogens (primary N) is 1. The fourth-order valence-electron chi connectivity index (χ4n) is 1.74. The van der Waals surface area contributed by atoms with Crippen molar-refractivity contribution >= 4 is 17.3 Å². The van der Waals surface area contributed by atoms with Gasteiger partial charge in [-0.1, -0.05) is 36.7 Å². The molecule has 0 amide bonds. The molecule has 0 unspecified atom stereocenters. The molecule has 2 aromatic carbocycles. The summed E-state index contributed by atoms with van der Waals surface area (Å²) in [5, 5.41) is 0.782. The third-order valence-electron chi connectivity index (χ3n) is 2.85. The van der Waals surface area contributed by atoms with Crippen molar-refractivity contribution < 1.29 is 4.74 Å². The lowest BCUT2D eigenvalue weighted by atomic mass is 10.1. The smallest absolute Gasteiger partial charge is 0.120 e. The van der Waals surface area contributed by atoms with Crippen LogP contribution in [0.2, 0.25) is 5.02 Å². The fourth-order valence-corrected chi connectivity index (χ4v) is 1.99. The Morgan fingerprint density at radius 3 is 2.61 bits per heavy atom. The molecule has 0 spiro atoms. The van der Waals surface area contributed by atoms with Gasteiger partial charge in [0.1, 0.15) is 12.4 Å². The average molecular weight is 262 g/mol. The van der Waals surface area contributed by atoms with Crippen LogP contribution in [0.3, 0.4) is 0 Å². The lowest BCUT2D eigenvalue weighted by molar-refractivity contribution is 0.306. The quantitative estimate of drug-likeness (QED) is 0.843. The highest BCUT2D eigenvalue weighted by Crippen LogP contribution is 2.23. The SMILES string of the molecule is CCc1cc(OCc2ccccc2N)ccc1Cl. The number of rotatable bonds is 4. The molecule has 18 heavy (non-hydrogen) atoms. The first kappa shape index (κ1) is 12.8. The second-order valence-electron chi connectivity index (χ2n) is 4.09. The van der Waals surface area contributed by atoms with Gasteiger partial charge in [0.05, 0.1) is 0 Å². The van der Waals surface area contributed by atoms with Crippen LogP contribution < -0.4 is 10.5 Å². The van der Waals surface area contributed by atoms with Crippen molar-refractivity contribution in [3.8, 4) is 5.75 Å². The highest BCUT2D eigenvalue weighted by molar-refractivity contribution is 6.31. The van der Waals surface area contributed by atoms with Gasteiger partial charge < -0.3 is 10.5 Å². The molecule has 0 heterocycles. The van der Waals surface area contributed by atoms with Crippen LogP contribution >= 0.6 is 11.6 Å². The van der Waals surface area contributed by atoms with Crippen LogP contribution in [0.25, 0.3) is 0 Å². The third-order valence-corrected chi connectivity index (χ3v) is 3.22. The van der Waals surface area contributed by atoms with Crippen molar-refractivity contribution in [2.75, 3.05) is 5.73 Å². The van der Waals surface area contributed by atoms with Crippen molar-refractivity contribution in [1.82, 2.24) is 0 Å². The Morgan fingerprint density at radius 2 is 1.89 bits per heavy atom. The number of benzene rings is 2. The Bertz CT molecular complexity index is 540. The van der Waals surface area contributed by atoms with Gasteiger partial charge in [0, 0.05) is 16.3 Å². The molecule has 0 saturated heterocycles. The number of halogens is 1. The van der Waals surface area contributed by atoms with Crippen LogP contribution in [-0.4, -0.2) is 0 Å². The monoisotopic (exact) mass is 261 g/mol. The van der Waals surface area contributed by atoms with Gasteiger partial charge in [-0.15, -0.1) is 0 Å². The summed E-state index contributed by atoms with van der Waals surface area (Å²) < 4.78 is 5.73. The predicted octanol–water partition coefficient (Wildman–Crippen LogP) is 4.06. The second kappa shape index (κ2) is 5.78. The van der Waals surface area contributed by atoms with Crippen LogP contribution in [0.1, 0.15) is 18.1 Å². The molecule has 2 rings (SSSR count). The molecule has 0 atom stereocenters. The summed E-state index contributed by atoms with van der Waals surface area (Å²) in [6, 6.07) is 13.4. The first-order valence-electron chi connectivity index (χ1n) is 5.95. The van der Waals surface area contributed by atoms with Crippen molar-refractivity contribution in [3.05, 3.63) is 58.6 Å². The second-order valence-corrected chi connectivity index (χ2v) is 4.50. The molecular formula is C15H16ClNO. The molecule has 0 aliphatic rings. The Hall–Kier alpha value is -1.67. The maximum atomic E-state index is 6.06.